The van der Waals surface area contributed by atoms with Gasteiger partial charge in [-0.1, -0.05) is 72.3 Å². The van der Waals surface area contributed by atoms with E-state index in [1.165, 1.54) is 5.56 Å². The van der Waals surface area contributed by atoms with Gasteiger partial charge in [0.05, 0.1) is 30.2 Å². The summed E-state index contributed by atoms with van der Waals surface area (Å²) in [6, 6.07) is 26.0. The van der Waals surface area contributed by atoms with E-state index in [1.807, 2.05) is 63.7 Å². The molecule has 136 valence electrons. The zero-order chi connectivity index (χ0) is 18.8. The van der Waals surface area contributed by atoms with Gasteiger partial charge in [-0.3, -0.25) is 5.41 Å². The molecule has 1 atom stereocenters. The van der Waals surface area contributed by atoms with E-state index in [4.69, 9.17) is 5.41 Å². The molecule has 0 spiro atoms. The lowest BCUT2D eigenvalue weighted by molar-refractivity contribution is 0.247. The van der Waals surface area contributed by atoms with Crippen molar-refractivity contribution in [1.29, 1.82) is 5.41 Å². The Morgan fingerprint density at radius 1 is 0.852 bits per heavy atom. The summed E-state index contributed by atoms with van der Waals surface area (Å²) in [5.41, 5.74) is 5.72. The van der Waals surface area contributed by atoms with Gasteiger partial charge in [-0.15, -0.1) is 0 Å². The van der Waals surface area contributed by atoms with E-state index < -0.39 is 0 Å². The average molecular weight is 357 g/mol. The van der Waals surface area contributed by atoms with Crippen LogP contribution in [0.4, 0.5) is 0 Å². The summed E-state index contributed by atoms with van der Waals surface area (Å²) in [7, 11) is 0. The molecule has 0 bridgehead atoms. The predicted octanol–water partition coefficient (Wildman–Crippen LogP) is 3.86. The van der Waals surface area contributed by atoms with Crippen molar-refractivity contribution in [3.8, 4) is 0 Å². The number of imidazole rings is 1. The summed E-state index contributed by atoms with van der Waals surface area (Å²) in [4.78, 5) is 0. The van der Waals surface area contributed by atoms with Crippen LogP contribution in [-0.2, 0) is 6.54 Å². The highest BCUT2D eigenvalue weighted by atomic mass is 16.3. The van der Waals surface area contributed by atoms with Crippen LogP contribution in [-0.4, -0.2) is 20.8 Å². The number of aromatic nitrogens is 2. The molecule has 0 aliphatic rings. The fraction of sp³-hybridized carbons (Fsp3) is 0.174. The smallest absolute Gasteiger partial charge is 0.203 e. The molecular formula is C23H23N3O. The molecule has 1 heterocycles. The molecule has 0 aliphatic carbocycles. The summed E-state index contributed by atoms with van der Waals surface area (Å²) in [6.45, 7) is 2.64. The first-order chi connectivity index (χ1) is 13.2. The van der Waals surface area contributed by atoms with Crippen LogP contribution < -0.4 is 5.62 Å². The summed E-state index contributed by atoms with van der Waals surface area (Å²) in [6.07, 6.45) is 0. The van der Waals surface area contributed by atoms with E-state index in [9.17, 15) is 5.11 Å². The van der Waals surface area contributed by atoms with Gasteiger partial charge in [0.2, 0.25) is 5.62 Å². The number of hydrogen-bond acceptors (Lipinski definition) is 2. The molecule has 0 fully saturated rings. The molecule has 27 heavy (non-hydrogen) atoms. The molecule has 0 amide bonds. The van der Waals surface area contributed by atoms with E-state index in [0.717, 1.165) is 22.2 Å². The number of para-hydroxylation sites is 2. The van der Waals surface area contributed by atoms with Crippen molar-refractivity contribution in [2.75, 3.05) is 6.61 Å². The molecule has 0 saturated carbocycles. The largest absolute Gasteiger partial charge is 0.394 e. The van der Waals surface area contributed by atoms with Gasteiger partial charge in [0.25, 0.3) is 0 Å². The molecule has 4 rings (SSSR count). The molecule has 3 aromatic carbocycles. The van der Waals surface area contributed by atoms with Crippen LogP contribution in [0.5, 0.6) is 0 Å². The Morgan fingerprint density at radius 3 is 2.15 bits per heavy atom. The topological polar surface area (TPSA) is 53.9 Å². The first-order valence-corrected chi connectivity index (χ1v) is 9.14. The summed E-state index contributed by atoms with van der Waals surface area (Å²) < 4.78 is 3.93. The van der Waals surface area contributed by atoms with Crippen molar-refractivity contribution in [3.05, 3.63) is 101 Å². The molecule has 0 saturated heterocycles. The molecule has 2 N–H and O–H groups in total. The van der Waals surface area contributed by atoms with Gasteiger partial charge < -0.3 is 14.2 Å². The lowest BCUT2D eigenvalue weighted by Gasteiger charge is -2.17. The SMILES string of the molecule is Cc1ccc(Cn2c(=N)n(C(CO)c3ccccc3)c3ccccc32)cc1. The third-order valence-corrected chi connectivity index (χ3v) is 5.05. The van der Waals surface area contributed by atoms with E-state index in [-0.39, 0.29) is 12.6 Å². The van der Waals surface area contributed by atoms with Crippen LogP contribution in [0.15, 0.2) is 78.9 Å². The molecule has 4 nitrogen and oxygen atoms in total. The summed E-state index contributed by atoms with van der Waals surface area (Å²) in [5, 5.41) is 19.0. The number of benzene rings is 3. The summed E-state index contributed by atoms with van der Waals surface area (Å²) in [5.74, 6) is 0. The van der Waals surface area contributed by atoms with Crippen LogP contribution in [0.2, 0.25) is 0 Å². The quantitative estimate of drug-likeness (QED) is 0.560. The van der Waals surface area contributed by atoms with Crippen molar-refractivity contribution < 1.29 is 5.11 Å². The van der Waals surface area contributed by atoms with Crippen molar-refractivity contribution in [2.45, 2.75) is 19.5 Å². The number of hydrogen-bond donors (Lipinski definition) is 2. The molecule has 0 aliphatic heterocycles. The van der Waals surface area contributed by atoms with Crippen molar-refractivity contribution in [3.63, 3.8) is 0 Å². The Kier molecular flexibility index (Phi) is 4.65. The maximum Gasteiger partial charge on any atom is 0.203 e. The van der Waals surface area contributed by atoms with Crippen molar-refractivity contribution in [2.24, 2.45) is 0 Å². The number of nitrogens with zero attached hydrogens (tertiary/aromatic N) is 2. The van der Waals surface area contributed by atoms with Crippen LogP contribution >= 0.6 is 0 Å². The van der Waals surface area contributed by atoms with Crippen LogP contribution in [0.1, 0.15) is 22.7 Å². The number of rotatable bonds is 5. The standard InChI is InChI=1S/C23H23N3O/c1-17-11-13-18(14-12-17)15-25-20-9-5-6-10-21(20)26(23(25)24)22(16-27)19-7-3-2-4-8-19/h2-14,22,24,27H,15-16H2,1H3. The van der Waals surface area contributed by atoms with Gasteiger partial charge in [-0.25, -0.2) is 0 Å². The van der Waals surface area contributed by atoms with E-state index in [2.05, 4.69) is 31.2 Å². The maximum absolute atomic E-state index is 10.1. The predicted molar refractivity (Wildman–Crippen MR) is 108 cm³/mol. The van der Waals surface area contributed by atoms with Crippen LogP contribution in [0.25, 0.3) is 11.0 Å². The Bertz CT molecular complexity index is 1110. The third kappa shape index (κ3) is 3.20. The highest BCUT2D eigenvalue weighted by molar-refractivity contribution is 5.76. The Balaban J connectivity index is 1.88. The lowest BCUT2D eigenvalue weighted by atomic mass is 10.1. The molecule has 4 aromatic rings. The number of nitrogens with one attached hydrogen (secondary N) is 1. The number of aliphatic hydroxyl groups excluding tert-OH is 1. The fourth-order valence-corrected chi connectivity index (χ4v) is 3.62. The molecule has 0 radical (unpaired) electrons. The van der Waals surface area contributed by atoms with E-state index in [0.29, 0.717) is 12.2 Å². The van der Waals surface area contributed by atoms with Gasteiger partial charge >= 0.3 is 0 Å². The van der Waals surface area contributed by atoms with Gasteiger partial charge in [-0.2, -0.15) is 0 Å². The second kappa shape index (κ2) is 7.25. The van der Waals surface area contributed by atoms with Gasteiger partial charge in [0.15, 0.2) is 0 Å². The molecule has 1 aromatic heterocycles. The van der Waals surface area contributed by atoms with Crippen LogP contribution in [0, 0.1) is 12.3 Å². The zero-order valence-electron chi connectivity index (χ0n) is 15.3. The van der Waals surface area contributed by atoms with E-state index in [1.54, 1.807) is 0 Å². The van der Waals surface area contributed by atoms with Crippen molar-refractivity contribution >= 4 is 11.0 Å². The first kappa shape index (κ1) is 17.3. The number of aliphatic hydroxyl groups is 1. The Hall–Kier alpha value is -3.11. The van der Waals surface area contributed by atoms with E-state index >= 15 is 0 Å². The highest BCUT2D eigenvalue weighted by Crippen LogP contribution is 2.23. The van der Waals surface area contributed by atoms with Gasteiger partial charge in [0.1, 0.15) is 0 Å². The van der Waals surface area contributed by atoms with Gasteiger partial charge in [0, 0.05) is 0 Å². The highest BCUT2D eigenvalue weighted by Gasteiger charge is 2.19. The minimum atomic E-state index is -0.289. The Labute approximate surface area is 158 Å². The molecule has 4 heteroatoms. The number of aryl methyl sites for hydroxylation is 1. The first-order valence-electron chi connectivity index (χ1n) is 9.14. The van der Waals surface area contributed by atoms with Crippen molar-refractivity contribution in [1.82, 2.24) is 9.13 Å². The monoisotopic (exact) mass is 357 g/mol. The number of fused-ring (bicyclic) bond motifs is 1. The molecule has 1 unspecified atom stereocenters. The average Bonchev–Trinajstić information content (AvgIpc) is 2.98. The normalized spacial score (nSPS) is 12.4. The minimum Gasteiger partial charge on any atom is -0.394 e. The summed E-state index contributed by atoms with van der Waals surface area (Å²) >= 11 is 0. The minimum absolute atomic E-state index is 0.0564. The third-order valence-electron chi connectivity index (χ3n) is 5.05. The maximum atomic E-state index is 10.1. The Morgan fingerprint density at radius 2 is 1.48 bits per heavy atom. The zero-order valence-corrected chi connectivity index (χ0v) is 15.3. The van der Waals surface area contributed by atoms with Gasteiger partial charge in [-0.05, 0) is 30.2 Å². The van der Waals surface area contributed by atoms with Crippen LogP contribution in [0.3, 0.4) is 0 Å². The second-order valence-corrected chi connectivity index (χ2v) is 6.86. The lowest BCUT2D eigenvalue weighted by Crippen LogP contribution is -2.30. The fourth-order valence-electron chi connectivity index (χ4n) is 3.62. The second-order valence-electron chi connectivity index (χ2n) is 6.86. The molecular weight excluding hydrogens is 334 g/mol.